The third kappa shape index (κ3) is 2.54. The average Bonchev–Trinajstić information content (AvgIpc) is 2.97. The quantitative estimate of drug-likeness (QED) is 0.893. The lowest BCUT2D eigenvalue weighted by Gasteiger charge is -2.21. The van der Waals surface area contributed by atoms with E-state index in [-0.39, 0.29) is 12.0 Å². The van der Waals surface area contributed by atoms with Gasteiger partial charge in [-0.1, -0.05) is 11.8 Å². The van der Waals surface area contributed by atoms with Crippen LogP contribution < -0.4 is 5.32 Å². The van der Waals surface area contributed by atoms with Crippen molar-refractivity contribution in [1.29, 1.82) is 0 Å². The molecule has 3 heterocycles. The molecule has 98 valence electrons. The molecular weight excluding hydrogens is 250 g/mol. The van der Waals surface area contributed by atoms with Crippen LogP contribution in [0, 0.1) is 0 Å². The van der Waals surface area contributed by atoms with Crippen molar-refractivity contribution in [2.45, 2.75) is 43.6 Å². The van der Waals surface area contributed by atoms with E-state index in [9.17, 15) is 4.79 Å². The Kier molecular flexibility index (Phi) is 3.56. The fourth-order valence-electron chi connectivity index (χ4n) is 2.29. The summed E-state index contributed by atoms with van der Waals surface area (Å²) in [5, 5.41) is 3.97. The highest BCUT2D eigenvalue weighted by molar-refractivity contribution is 7.99. The maximum atomic E-state index is 11.9. The predicted octanol–water partition coefficient (Wildman–Crippen LogP) is 1.17. The van der Waals surface area contributed by atoms with Gasteiger partial charge in [-0.25, -0.2) is 4.98 Å². The Morgan fingerprint density at radius 2 is 2.56 bits per heavy atom. The van der Waals surface area contributed by atoms with Crippen LogP contribution in [0.1, 0.15) is 25.0 Å². The molecule has 0 unspecified atom stereocenters. The second-order valence-corrected chi connectivity index (χ2v) is 5.69. The zero-order valence-corrected chi connectivity index (χ0v) is 11.0. The number of hydrogen-bond acceptors (Lipinski definition) is 4. The Hall–Kier alpha value is -1.01. The van der Waals surface area contributed by atoms with Crippen molar-refractivity contribution in [1.82, 2.24) is 14.9 Å². The molecule has 6 heteroatoms. The topological polar surface area (TPSA) is 56.2 Å². The van der Waals surface area contributed by atoms with Gasteiger partial charge in [0.25, 0.3) is 0 Å². The number of amides is 1. The molecule has 0 aliphatic carbocycles. The number of rotatable bonds is 3. The van der Waals surface area contributed by atoms with Crippen LogP contribution in [0.15, 0.2) is 11.4 Å². The average molecular weight is 267 g/mol. The molecule has 2 aliphatic rings. The molecule has 1 saturated heterocycles. The summed E-state index contributed by atoms with van der Waals surface area (Å²) < 4.78 is 7.59. The van der Waals surface area contributed by atoms with Gasteiger partial charge in [0.1, 0.15) is 6.10 Å². The molecule has 0 saturated carbocycles. The van der Waals surface area contributed by atoms with Gasteiger partial charge in [0.2, 0.25) is 5.91 Å². The van der Waals surface area contributed by atoms with Gasteiger partial charge in [-0.15, -0.1) is 0 Å². The fraction of sp³-hybridized carbons (Fsp3) is 0.667. The standard InChI is InChI=1S/C12H17N3O2S/c16-11(10-3-1-2-5-17-10)13-7-9-8-15-4-6-18-12(15)14-9/h8,10H,1-7H2,(H,13,16)/t10-/m0/s1. The Bertz CT molecular complexity index is 419. The van der Waals surface area contributed by atoms with E-state index in [1.165, 1.54) is 0 Å². The lowest BCUT2D eigenvalue weighted by Crippen LogP contribution is -2.38. The predicted molar refractivity (Wildman–Crippen MR) is 68.4 cm³/mol. The molecule has 3 rings (SSSR count). The number of carbonyl (C=O) groups excluding carboxylic acids is 1. The highest BCUT2D eigenvalue weighted by Crippen LogP contribution is 2.24. The van der Waals surface area contributed by atoms with Gasteiger partial charge in [-0.05, 0) is 19.3 Å². The van der Waals surface area contributed by atoms with E-state index in [2.05, 4.69) is 14.9 Å². The molecule has 1 amide bonds. The summed E-state index contributed by atoms with van der Waals surface area (Å²) in [6.45, 7) is 2.22. The van der Waals surface area contributed by atoms with E-state index in [0.717, 1.165) is 42.4 Å². The minimum atomic E-state index is -0.261. The lowest BCUT2D eigenvalue weighted by molar-refractivity contribution is -0.135. The number of aryl methyl sites for hydroxylation is 1. The monoisotopic (exact) mass is 267 g/mol. The first-order valence-electron chi connectivity index (χ1n) is 6.41. The van der Waals surface area contributed by atoms with Crippen molar-refractivity contribution in [2.75, 3.05) is 12.4 Å². The van der Waals surface area contributed by atoms with Crippen molar-refractivity contribution in [3.05, 3.63) is 11.9 Å². The summed E-state index contributed by atoms with van der Waals surface area (Å²) >= 11 is 1.77. The second kappa shape index (κ2) is 5.32. The molecule has 0 bridgehead atoms. The number of carbonyl (C=O) groups is 1. The Labute approximate surface area is 110 Å². The number of thioether (sulfide) groups is 1. The minimum Gasteiger partial charge on any atom is -0.368 e. The number of nitrogens with zero attached hydrogens (tertiary/aromatic N) is 2. The normalized spacial score (nSPS) is 22.8. The number of aromatic nitrogens is 2. The SMILES string of the molecule is O=C(NCc1cn2c(n1)SCC2)[C@@H]1CCCCO1. The van der Waals surface area contributed by atoms with Crippen LogP contribution in [-0.2, 0) is 22.6 Å². The molecule has 1 atom stereocenters. The smallest absolute Gasteiger partial charge is 0.249 e. The minimum absolute atomic E-state index is 0.00416. The van der Waals surface area contributed by atoms with E-state index in [4.69, 9.17) is 4.74 Å². The van der Waals surface area contributed by atoms with Crippen molar-refractivity contribution in [2.24, 2.45) is 0 Å². The third-order valence-electron chi connectivity index (χ3n) is 3.27. The molecule has 0 radical (unpaired) electrons. The van der Waals surface area contributed by atoms with Crippen LogP contribution >= 0.6 is 11.8 Å². The molecule has 1 aromatic heterocycles. The van der Waals surface area contributed by atoms with Crippen LogP contribution in [0.2, 0.25) is 0 Å². The number of fused-ring (bicyclic) bond motifs is 1. The van der Waals surface area contributed by atoms with Crippen LogP contribution in [0.3, 0.4) is 0 Å². The summed E-state index contributed by atoms with van der Waals surface area (Å²) in [6, 6.07) is 0. The highest BCUT2D eigenvalue weighted by atomic mass is 32.2. The van der Waals surface area contributed by atoms with Gasteiger partial charge in [0.15, 0.2) is 5.16 Å². The first-order valence-corrected chi connectivity index (χ1v) is 7.39. The fourth-order valence-corrected chi connectivity index (χ4v) is 3.25. The first-order chi connectivity index (χ1) is 8.83. The number of ether oxygens (including phenoxy) is 1. The van der Waals surface area contributed by atoms with Gasteiger partial charge >= 0.3 is 0 Å². The number of nitrogens with one attached hydrogen (secondary N) is 1. The van der Waals surface area contributed by atoms with E-state index in [0.29, 0.717) is 13.2 Å². The summed E-state index contributed by atoms with van der Waals surface area (Å²) in [5.74, 6) is 1.10. The molecule has 1 aromatic rings. The third-order valence-corrected chi connectivity index (χ3v) is 4.24. The number of hydrogen-bond donors (Lipinski definition) is 1. The summed E-state index contributed by atoms with van der Waals surface area (Å²) in [7, 11) is 0. The maximum Gasteiger partial charge on any atom is 0.249 e. The zero-order chi connectivity index (χ0) is 12.4. The van der Waals surface area contributed by atoms with Gasteiger partial charge in [-0.2, -0.15) is 0 Å². The molecule has 18 heavy (non-hydrogen) atoms. The van der Waals surface area contributed by atoms with Gasteiger partial charge in [-0.3, -0.25) is 4.79 Å². The summed E-state index contributed by atoms with van der Waals surface area (Å²) in [4.78, 5) is 16.3. The molecule has 1 fully saturated rings. The molecular formula is C12H17N3O2S. The second-order valence-electron chi connectivity index (χ2n) is 4.63. The molecule has 0 aromatic carbocycles. The van der Waals surface area contributed by atoms with E-state index in [1.54, 1.807) is 11.8 Å². The number of imidazole rings is 1. The van der Waals surface area contributed by atoms with Crippen LogP contribution in [0.4, 0.5) is 0 Å². The largest absolute Gasteiger partial charge is 0.368 e. The van der Waals surface area contributed by atoms with Gasteiger partial charge in [0.05, 0.1) is 12.2 Å². The van der Waals surface area contributed by atoms with Crippen molar-refractivity contribution >= 4 is 17.7 Å². The van der Waals surface area contributed by atoms with Gasteiger partial charge < -0.3 is 14.6 Å². The Morgan fingerprint density at radius 3 is 3.33 bits per heavy atom. The van der Waals surface area contributed by atoms with Crippen molar-refractivity contribution < 1.29 is 9.53 Å². The van der Waals surface area contributed by atoms with E-state index in [1.807, 2.05) is 6.20 Å². The Balaban J connectivity index is 1.52. The highest BCUT2D eigenvalue weighted by Gasteiger charge is 2.22. The van der Waals surface area contributed by atoms with Crippen molar-refractivity contribution in [3.8, 4) is 0 Å². The maximum absolute atomic E-state index is 11.9. The zero-order valence-electron chi connectivity index (χ0n) is 10.2. The summed E-state index contributed by atoms with van der Waals surface area (Å²) in [6.07, 6.45) is 4.74. The van der Waals surface area contributed by atoms with Crippen LogP contribution in [0.5, 0.6) is 0 Å². The van der Waals surface area contributed by atoms with E-state index >= 15 is 0 Å². The summed E-state index contributed by atoms with van der Waals surface area (Å²) in [5.41, 5.74) is 0.932. The van der Waals surface area contributed by atoms with Gasteiger partial charge in [0, 0.05) is 25.1 Å². The molecule has 5 nitrogen and oxygen atoms in total. The van der Waals surface area contributed by atoms with E-state index < -0.39 is 0 Å². The lowest BCUT2D eigenvalue weighted by atomic mass is 10.1. The molecule has 2 aliphatic heterocycles. The van der Waals surface area contributed by atoms with Crippen LogP contribution in [0.25, 0.3) is 0 Å². The Morgan fingerprint density at radius 1 is 1.61 bits per heavy atom. The van der Waals surface area contributed by atoms with Crippen LogP contribution in [-0.4, -0.2) is 33.9 Å². The first kappa shape index (κ1) is 12.0. The molecule has 1 N–H and O–H groups in total. The van der Waals surface area contributed by atoms with Crippen molar-refractivity contribution in [3.63, 3.8) is 0 Å². The molecule has 0 spiro atoms.